The van der Waals surface area contributed by atoms with Gasteiger partial charge in [0.25, 0.3) is 0 Å². The van der Waals surface area contributed by atoms with E-state index in [-0.39, 0.29) is 18.4 Å². The van der Waals surface area contributed by atoms with Crippen molar-refractivity contribution >= 4 is 5.97 Å². The van der Waals surface area contributed by atoms with Crippen molar-refractivity contribution in [3.63, 3.8) is 0 Å². The Morgan fingerprint density at radius 1 is 1.25 bits per heavy atom. The monoisotopic (exact) mass is 228 g/mol. The van der Waals surface area contributed by atoms with Gasteiger partial charge in [0.1, 0.15) is 11.6 Å². The molecule has 86 valence electrons. The van der Waals surface area contributed by atoms with E-state index in [9.17, 15) is 18.7 Å². The summed E-state index contributed by atoms with van der Waals surface area (Å²) in [5.41, 5.74) is -1.27. The number of carbonyl (C=O) groups is 1. The van der Waals surface area contributed by atoms with Crippen LogP contribution < -0.4 is 0 Å². The molecule has 0 amide bonds. The summed E-state index contributed by atoms with van der Waals surface area (Å²) in [5, 5.41) is 18.3. The lowest BCUT2D eigenvalue weighted by molar-refractivity contribution is -0.152. The van der Waals surface area contributed by atoms with Crippen LogP contribution >= 0.6 is 0 Å². The van der Waals surface area contributed by atoms with E-state index in [1.807, 2.05) is 0 Å². The summed E-state index contributed by atoms with van der Waals surface area (Å²) in [6.45, 7) is 0. The van der Waals surface area contributed by atoms with Gasteiger partial charge in [-0.25, -0.2) is 8.78 Å². The summed E-state index contributed by atoms with van der Waals surface area (Å²) in [7, 11) is 0. The maximum atomic E-state index is 13.0. The van der Waals surface area contributed by atoms with Crippen LogP contribution in [0.1, 0.15) is 18.4 Å². The Balaban J connectivity index is 2.45. The molecule has 0 unspecified atom stereocenters. The number of aliphatic carboxylic acids is 1. The Kier molecular flexibility index (Phi) is 2.42. The fourth-order valence-electron chi connectivity index (χ4n) is 2.11. The Hall–Kier alpha value is -1.49. The molecular formula is C11H10F2O3. The SMILES string of the molecule is O=C(O)C1(c2cc(F)cc(F)c2)CC(O)C1. The minimum absolute atomic E-state index is 0.00870. The van der Waals surface area contributed by atoms with Crippen LogP contribution in [0.2, 0.25) is 0 Å². The zero-order valence-electron chi connectivity index (χ0n) is 8.28. The number of carboxylic acid groups (broad SMARTS) is 1. The van der Waals surface area contributed by atoms with E-state index in [4.69, 9.17) is 5.11 Å². The molecule has 2 rings (SSSR count). The third-order valence-corrected chi connectivity index (χ3v) is 2.99. The van der Waals surface area contributed by atoms with Gasteiger partial charge in [0.2, 0.25) is 0 Å². The highest BCUT2D eigenvalue weighted by Crippen LogP contribution is 2.44. The first kappa shape index (κ1) is 11.0. The summed E-state index contributed by atoms with van der Waals surface area (Å²) in [6, 6.07) is 2.69. The van der Waals surface area contributed by atoms with Gasteiger partial charge in [0.15, 0.2) is 0 Å². The van der Waals surface area contributed by atoms with Crippen molar-refractivity contribution in [3.05, 3.63) is 35.4 Å². The van der Waals surface area contributed by atoms with Gasteiger partial charge in [0.05, 0.1) is 11.5 Å². The molecule has 1 aromatic carbocycles. The van der Waals surface area contributed by atoms with Crippen LogP contribution in [0.5, 0.6) is 0 Å². The van der Waals surface area contributed by atoms with E-state index < -0.39 is 29.1 Å². The van der Waals surface area contributed by atoms with Gasteiger partial charge >= 0.3 is 5.97 Å². The van der Waals surface area contributed by atoms with Crippen LogP contribution in [0, 0.1) is 11.6 Å². The number of hydrogen-bond acceptors (Lipinski definition) is 2. The van der Waals surface area contributed by atoms with E-state index in [0.29, 0.717) is 6.07 Å². The first-order chi connectivity index (χ1) is 7.44. The zero-order chi connectivity index (χ0) is 11.9. The molecule has 1 aliphatic rings. The van der Waals surface area contributed by atoms with Crippen LogP contribution in [0.15, 0.2) is 18.2 Å². The standard InChI is InChI=1S/C11H10F2O3/c12-7-1-6(2-8(13)3-7)11(10(15)16)4-9(14)5-11/h1-3,9,14H,4-5H2,(H,15,16). The third-order valence-electron chi connectivity index (χ3n) is 2.99. The molecule has 5 heteroatoms. The largest absolute Gasteiger partial charge is 0.481 e. The second kappa shape index (κ2) is 3.52. The molecule has 1 fully saturated rings. The highest BCUT2D eigenvalue weighted by molar-refractivity contribution is 5.83. The molecule has 0 aliphatic heterocycles. The number of hydrogen-bond donors (Lipinski definition) is 2. The molecule has 0 spiro atoms. The van der Waals surface area contributed by atoms with Crippen LogP contribution in [0.25, 0.3) is 0 Å². The Morgan fingerprint density at radius 2 is 1.75 bits per heavy atom. The maximum Gasteiger partial charge on any atom is 0.314 e. The van der Waals surface area contributed by atoms with E-state index in [2.05, 4.69) is 0 Å². The third kappa shape index (κ3) is 1.57. The Bertz CT molecular complexity index is 419. The van der Waals surface area contributed by atoms with Crippen molar-refractivity contribution in [3.8, 4) is 0 Å². The average molecular weight is 228 g/mol. The number of benzene rings is 1. The molecule has 0 saturated heterocycles. The van der Waals surface area contributed by atoms with Gasteiger partial charge in [-0.3, -0.25) is 4.79 Å². The number of halogens is 2. The molecule has 16 heavy (non-hydrogen) atoms. The second-order valence-corrected chi connectivity index (χ2v) is 4.11. The highest BCUT2D eigenvalue weighted by atomic mass is 19.1. The molecular weight excluding hydrogens is 218 g/mol. The van der Waals surface area contributed by atoms with Crippen LogP contribution in [0.4, 0.5) is 8.78 Å². The van der Waals surface area contributed by atoms with Gasteiger partial charge in [-0.1, -0.05) is 0 Å². The molecule has 2 N–H and O–H groups in total. The molecule has 1 aliphatic carbocycles. The quantitative estimate of drug-likeness (QED) is 0.805. The second-order valence-electron chi connectivity index (χ2n) is 4.11. The molecule has 0 aromatic heterocycles. The highest BCUT2D eigenvalue weighted by Gasteiger charge is 2.51. The average Bonchev–Trinajstić information content (AvgIpc) is 2.10. The van der Waals surface area contributed by atoms with Crippen molar-refractivity contribution in [2.45, 2.75) is 24.4 Å². The summed E-state index contributed by atoms with van der Waals surface area (Å²) in [6.07, 6.45) is -0.737. The summed E-state index contributed by atoms with van der Waals surface area (Å²) >= 11 is 0. The fraction of sp³-hybridized carbons (Fsp3) is 0.364. The molecule has 0 bridgehead atoms. The van der Waals surface area contributed by atoms with Crippen molar-refractivity contribution in [1.29, 1.82) is 0 Å². The number of rotatable bonds is 2. The van der Waals surface area contributed by atoms with E-state index in [1.54, 1.807) is 0 Å². The number of carboxylic acids is 1. The number of aliphatic hydroxyl groups is 1. The maximum absolute atomic E-state index is 13.0. The molecule has 0 atom stereocenters. The lowest BCUT2D eigenvalue weighted by Gasteiger charge is -2.42. The van der Waals surface area contributed by atoms with Gasteiger partial charge in [0, 0.05) is 6.07 Å². The fourth-order valence-corrected chi connectivity index (χ4v) is 2.11. The van der Waals surface area contributed by atoms with Gasteiger partial charge in [-0.15, -0.1) is 0 Å². The zero-order valence-corrected chi connectivity index (χ0v) is 8.28. The van der Waals surface area contributed by atoms with Crippen LogP contribution in [-0.2, 0) is 10.2 Å². The first-order valence-electron chi connectivity index (χ1n) is 4.82. The number of aliphatic hydroxyl groups excluding tert-OH is 1. The lowest BCUT2D eigenvalue weighted by Crippen LogP contribution is -2.50. The van der Waals surface area contributed by atoms with E-state index >= 15 is 0 Å². The summed E-state index contributed by atoms with van der Waals surface area (Å²) in [5.74, 6) is -2.78. The predicted octanol–water partition coefficient (Wildman–Crippen LogP) is 1.44. The smallest absolute Gasteiger partial charge is 0.314 e. The van der Waals surface area contributed by atoms with E-state index in [1.165, 1.54) is 0 Å². The van der Waals surface area contributed by atoms with Gasteiger partial charge < -0.3 is 10.2 Å². The van der Waals surface area contributed by atoms with Crippen molar-refractivity contribution < 1.29 is 23.8 Å². The first-order valence-corrected chi connectivity index (χ1v) is 4.82. The van der Waals surface area contributed by atoms with Crippen molar-refractivity contribution in [2.24, 2.45) is 0 Å². The molecule has 1 saturated carbocycles. The molecule has 3 nitrogen and oxygen atoms in total. The van der Waals surface area contributed by atoms with Crippen molar-refractivity contribution in [1.82, 2.24) is 0 Å². The summed E-state index contributed by atoms with van der Waals surface area (Å²) < 4.78 is 26.0. The van der Waals surface area contributed by atoms with Crippen LogP contribution in [0.3, 0.4) is 0 Å². The summed E-state index contributed by atoms with van der Waals surface area (Å²) in [4.78, 5) is 11.1. The topological polar surface area (TPSA) is 57.5 Å². The van der Waals surface area contributed by atoms with Gasteiger partial charge in [-0.05, 0) is 30.5 Å². The molecule has 1 aromatic rings. The van der Waals surface area contributed by atoms with E-state index in [0.717, 1.165) is 12.1 Å². The normalized spacial score (nSPS) is 28.6. The minimum Gasteiger partial charge on any atom is -0.481 e. The molecule has 0 heterocycles. The Morgan fingerprint density at radius 3 is 2.12 bits per heavy atom. The van der Waals surface area contributed by atoms with Gasteiger partial charge in [-0.2, -0.15) is 0 Å². The predicted molar refractivity (Wildman–Crippen MR) is 50.9 cm³/mol. The minimum atomic E-state index is -1.34. The van der Waals surface area contributed by atoms with Crippen molar-refractivity contribution in [2.75, 3.05) is 0 Å². The molecule has 0 radical (unpaired) electrons. The Labute approximate surface area is 90.3 Å². The van der Waals surface area contributed by atoms with Crippen LogP contribution in [-0.4, -0.2) is 22.3 Å². The lowest BCUT2D eigenvalue weighted by atomic mass is 9.63.